The first-order valence-electron chi connectivity index (χ1n) is 5.41. The van der Waals surface area contributed by atoms with Crippen LogP contribution in [-0.2, 0) is 9.59 Å². The van der Waals surface area contributed by atoms with Gasteiger partial charge in [0.15, 0.2) is 11.5 Å². The van der Waals surface area contributed by atoms with Crippen molar-refractivity contribution < 1.29 is 24.2 Å². The van der Waals surface area contributed by atoms with Crippen molar-refractivity contribution in [2.45, 2.75) is 0 Å². The smallest absolute Gasteiger partial charge is 0.323 e. The van der Waals surface area contributed by atoms with E-state index in [0.717, 1.165) is 11.0 Å². The maximum absolute atomic E-state index is 11.7. The van der Waals surface area contributed by atoms with E-state index in [9.17, 15) is 9.59 Å². The Morgan fingerprint density at radius 3 is 2.42 bits per heavy atom. The largest absolute Gasteiger partial charge is 0.493 e. The van der Waals surface area contributed by atoms with Crippen molar-refractivity contribution in [1.82, 2.24) is 0 Å². The molecule has 102 valence electrons. The molecule has 0 aliphatic carbocycles. The molecule has 0 radical (unpaired) electrons. The normalized spacial score (nSPS) is 9.58. The van der Waals surface area contributed by atoms with Crippen molar-refractivity contribution in [3.8, 4) is 11.5 Å². The van der Waals surface area contributed by atoms with Crippen LogP contribution in [0.3, 0.4) is 0 Å². The Morgan fingerprint density at radius 2 is 1.95 bits per heavy atom. The fourth-order valence-corrected chi connectivity index (χ4v) is 1.53. The minimum atomic E-state index is -1.12. The average Bonchev–Trinajstić information content (AvgIpc) is 2.42. The lowest BCUT2D eigenvalue weighted by Crippen LogP contribution is -2.34. The molecule has 0 aliphatic heterocycles. The van der Waals surface area contributed by atoms with Crippen molar-refractivity contribution in [2.24, 2.45) is 0 Å². The number of carboxylic acids is 1. The van der Waals surface area contributed by atoms with Gasteiger partial charge in [0.1, 0.15) is 6.54 Å². The molecule has 0 unspecified atom stereocenters. The minimum Gasteiger partial charge on any atom is -0.493 e. The Labute approximate surface area is 110 Å². The van der Waals surface area contributed by atoms with Crippen molar-refractivity contribution in [3.63, 3.8) is 0 Å². The summed E-state index contributed by atoms with van der Waals surface area (Å²) in [6.45, 7) is 2.89. The number of methoxy groups -OCH3 is 2. The first-order chi connectivity index (χ1) is 9.03. The van der Waals surface area contributed by atoms with Gasteiger partial charge in [-0.05, 0) is 18.2 Å². The molecule has 1 rings (SSSR count). The third-order valence-electron chi connectivity index (χ3n) is 2.41. The highest BCUT2D eigenvalue weighted by Crippen LogP contribution is 2.31. The number of carbonyl (C=O) groups is 2. The predicted molar refractivity (Wildman–Crippen MR) is 69.7 cm³/mol. The Bertz CT molecular complexity index is 498. The van der Waals surface area contributed by atoms with Crippen LogP contribution in [0.5, 0.6) is 11.5 Å². The summed E-state index contributed by atoms with van der Waals surface area (Å²) >= 11 is 0. The van der Waals surface area contributed by atoms with Crippen LogP contribution in [0, 0.1) is 0 Å². The third-order valence-corrected chi connectivity index (χ3v) is 2.41. The van der Waals surface area contributed by atoms with Crippen LogP contribution in [0.25, 0.3) is 0 Å². The van der Waals surface area contributed by atoms with E-state index in [1.165, 1.54) is 20.3 Å². The number of benzene rings is 1. The maximum atomic E-state index is 11.7. The molecule has 19 heavy (non-hydrogen) atoms. The fraction of sp³-hybridized carbons (Fsp3) is 0.231. The Morgan fingerprint density at radius 1 is 1.32 bits per heavy atom. The van der Waals surface area contributed by atoms with Crippen molar-refractivity contribution >= 4 is 17.6 Å². The molecule has 0 bridgehead atoms. The second kappa shape index (κ2) is 6.44. The summed E-state index contributed by atoms with van der Waals surface area (Å²) in [5.74, 6) is -0.723. The van der Waals surface area contributed by atoms with Crippen LogP contribution in [0.1, 0.15) is 0 Å². The second-order valence-corrected chi connectivity index (χ2v) is 3.56. The van der Waals surface area contributed by atoms with E-state index in [-0.39, 0.29) is 0 Å². The molecule has 0 atom stereocenters. The number of ether oxygens (including phenoxy) is 2. The van der Waals surface area contributed by atoms with Gasteiger partial charge in [-0.25, -0.2) is 0 Å². The molecule has 0 spiro atoms. The summed E-state index contributed by atoms with van der Waals surface area (Å²) in [6.07, 6.45) is 1.06. The molecule has 1 amide bonds. The minimum absolute atomic E-state index is 0.393. The summed E-state index contributed by atoms with van der Waals surface area (Å²) in [4.78, 5) is 23.6. The molecule has 6 nitrogen and oxygen atoms in total. The van der Waals surface area contributed by atoms with Gasteiger partial charge in [-0.2, -0.15) is 0 Å². The highest BCUT2D eigenvalue weighted by atomic mass is 16.5. The van der Waals surface area contributed by atoms with Crippen LogP contribution in [-0.4, -0.2) is 37.7 Å². The predicted octanol–water partition coefficient (Wildman–Crippen LogP) is 1.31. The number of carboxylic acid groups (broad SMARTS) is 1. The van der Waals surface area contributed by atoms with Crippen molar-refractivity contribution in [2.75, 3.05) is 25.7 Å². The molecule has 1 N–H and O–H groups in total. The summed E-state index contributed by atoms with van der Waals surface area (Å²) < 4.78 is 10.2. The van der Waals surface area contributed by atoms with Gasteiger partial charge in [0.25, 0.3) is 5.91 Å². The SMILES string of the molecule is C=CC(=O)N(CC(=O)O)c1ccc(OC)c(OC)c1. The van der Waals surface area contributed by atoms with E-state index >= 15 is 0 Å². The van der Waals surface area contributed by atoms with E-state index < -0.39 is 18.4 Å². The number of hydrogen-bond donors (Lipinski definition) is 1. The topological polar surface area (TPSA) is 76.1 Å². The van der Waals surface area contributed by atoms with Gasteiger partial charge in [0.05, 0.1) is 14.2 Å². The lowest BCUT2D eigenvalue weighted by Gasteiger charge is -2.20. The highest BCUT2D eigenvalue weighted by molar-refractivity contribution is 6.03. The van der Waals surface area contributed by atoms with E-state index in [2.05, 4.69) is 6.58 Å². The first kappa shape index (κ1) is 14.6. The second-order valence-electron chi connectivity index (χ2n) is 3.56. The van der Waals surface area contributed by atoms with E-state index in [1.807, 2.05) is 0 Å². The number of carbonyl (C=O) groups excluding carboxylic acids is 1. The fourth-order valence-electron chi connectivity index (χ4n) is 1.53. The first-order valence-corrected chi connectivity index (χ1v) is 5.41. The third kappa shape index (κ3) is 3.48. The number of hydrogen-bond acceptors (Lipinski definition) is 4. The molecule has 6 heteroatoms. The summed E-state index contributed by atoms with van der Waals surface area (Å²) in [5, 5.41) is 8.83. The molecule has 1 aromatic carbocycles. The number of aliphatic carboxylic acids is 1. The van der Waals surface area contributed by atoms with Gasteiger partial charge >= 0.3 is 5.97 Å². The summed E-state index contributed by atoms with van der Waals surface area (Å²) in [6, 6.07) is 4.70. The van der Waals surface area contributed by atoms with Crippen LogP contribution in [0.15, 0.2) is 30.9 Å². The van der Waals surface area contributed by atoms with E-state index in [4.69, 9.17) is 14.6 Å². The van der Waals surface area contributed by atoms with Gasteiger partial charge in [-0.15, -0.1) is 0 Å². The molecule has 1 aromatic rings. The van der Waals surface area contributed by atoms with Crippen LogP contribution in [0.2, 0.25) is 0 Å². The number of anilines is 1. The zero-order valence-corrected chi connectivity index (χ0v) is 10.8. The quantitative estimate of drug-likeness (QED) is 0.785. The van der Waals surface area contributed by atoms with E-state index in [0.29, 0.717) is 17.2 Å². The lowest BCUT2D eigenvalue weighted by atomic mass is 10.2. The number of amides is 1. The highest BCUT2D eigenvalue weighted by Gasteiger charge is 2.18. The van der Waals surface area contributed by atoms with Gasteiger partial charge in [0.2, 0.25) is 0 Å². The van der Waals surface area contributed by atoms with Gasteiger partial charge in [-0.3, -0.25) is 14.5 Å². The Hall–Kier alpha value is -2.50. The van der Waals surface area contributed by atoms with Crippen LogP contribution in [0.4, 0.5) is 5.69 Å². The zero-order valence-electron chi connectivity index (χ0n) is 10.8. The van der Waals surface area contributed by atoms with Gasteiger partial charge in [0, 0.05) is 11.8 Å². The van der Waals surface area contributed by atoms with Crippen LogP contribution >= 0.6 is 0 Å². The average molecular weight is 265 g/mol. The monoisotopic (exact) mass is 265 g/mol. The summed E-state index contributed by atoms with van der Waals surface area (Å²) in [7, 11) is 2.94. The summed E-state index contributed by atoms with van der Waals surface area (Å²) in [5.41, 5.74) is 0.393. The maximum Gasteiger partial charge on any atom is 0.323 e. The molecule has 0 saturated heterocycles. The molecule has 0 aromatic heterocycles. The van der Waals surface area contributed by atoms with E-state index in [1.54, 1.807) is 12.1 Å². The molecule has 0 aliphatic rings. The standard InChI is InChI=1S/C13H15NO5/c1-4-12(15)14(8-13(16)17)9-5-6-10(18-2)11(7-9)19-3/h4-7H,1,8H2,2-3H3,(H,16,17). The van der Waals surface area contributed by atoms with Crippen LogP contribution < -0.4 is 14.4 Å². The lowest BCUT2D eigenvalue weighted by molar-refractivity contribution is -0.136. The molecule has 0 fully saturated rings. The number of rotatable bonds is 6. The molecule has 0 heterocycles. The zero-order chi connectivity index (χ0) is 14.4. The molecule has 0 saturated carbocycles. The number of nitrogens with zero attached hydrogens (tertiary/aromatic N) is 1. The molecular formula is C13H15NO5. The Kier molecular flexibility index (Phi) is 4.93. The van der Waals surface area contributed by atoms with Gasteiger partial charge in [-0.1, -0.05) is 6.58 Å². The van der Waals surface area contributed by atoms with Gasteiger partial charge < -0.3 is 14.6 Å². The van der Waals surface area contributed by atoms with Crippen molar-refractivity contribution in [1.29, 1.82) is 0 Å². The molecular weight excluding hydrogens is 250 g/mol. The van der Waals surface area contributed by atoms with Crippen molar-refractivity contribution in [3.05, 3.63) is 30.9 Å². The Balaban J connectivity index is 3.18.